The average molecular weight is 278 g/mol. The number of nitrogens with one attached hydrogen (secondary N) is 1. The maximum Gasteiger partial charge on any atom is 0.123 e. The first kappa shape index (κ1) is 13.8. The van der Waals surface area contributed by atoms with Crippen molar-refractivity contribution in [2.75, 3.05) is 13.1 Å². The summed E-state index contributed by atoms with van der Waals surface area (Å²) in [5, 5.41) is 13.6. The number of phenols is 1. The Balaban J connectivity index is 1.81. The van der Waals surface area contributed by atoms with Gasteiger partial charge < -0.3 is 10.4 Å². The quantitative estimate of drug-likeness (QED) is 0.892. The number of hydrogen-bond donors (Lipinski definition) is 2. The third-order valence-electron chi connectivity index (χ3n) is 4.84. The number of nitrogens with zero attached hydrogens (tertiary/aromatic N) is 1. The first-order valence-corrected chi connectivity index (χ1v) is 7.64. The molecule has 2 heterocycles. The Hall–Kier alpha value is -1.13. The smallest absolute Gasteiger partial charge is 0.123 e. The maximum atomic E-state index is 13.5. The van der Waals surface area contributed by atoms with Crippen LogP contribution < -0.4 is 5.32 Å². The lowest BCUT2D eigenvalue weighted by atomic mass is 10.00. The summed E-state index contributed by atoms with van der Waals surface area (Å²) in [7, 11) is 0. The van der Waals surface area contributed by atoms with Crippen molar-refractivity contribution in [3.63, 3.8) is 0 Å². The van der Waals surface area contributed by atoms with Crippen molar-refractivity contribution in [1.82, 2.24) is 10.2 Å². The largest absolute Gasteiger partial charge is 0.508 e. The van der Waals surface area contributed by atoms with E-state index in [1.54, 1.807) is 0 Å². The molecule has 0 saturated carbocycles. The molecule has 0 spiro atoms. The number of rotatable bonds is 3. The molecule has 110 valence electrons. The summed E-state index contributed by atoms with van der Waals surface area (Å²) in [6, 6.07) is 5.36. The monoisotopic (exact) mass is 278 g/mol. The Morgan fingerprint density at radius 1 is 1.35 bits per heavy atom. The third kappa shape index (κ3) is 2.54. The van der Waals surface area contributed by atoms with Crippen molar-refractivity contribution < 1.29 is 9.50 Å². The fraction of sp³-hybridized carbons (Fsp3) is 0.625. The van der Waals surface area contributed by atoms with E-state index in [1.807, 2.05) is 0 Å². The van der Waals surface area contributed by atoms with Gasteiger partial charge in [0.2, 0.25) is 0 Å². The molecule has 0 aliphatic carbocycles. The lowest BCUT2D eigenvalue weighted by molar-refractivity contribution is 0.161. The van der Waals surface area contributed by atoms with Gasteiger partial charge in [0.15, 0.2) is 0 Å². The van der Waals surface area contributed by atoms with Crippen LogP contribution in [0.1, 0.15) is 44.2 Å². The molecule has 3 unspecified atom stereocenters. The van der Waals surface area contributed by atoms with Crippen LogP contribution in [0, 0.1) is 5.82 Å². The molecular weight excluding hydrogens is 255 g/mol. The Kier molecular flexibility index (Phi) is 3.94. The second-order valence-corrected chi connectivity index (χ2v) is 6.03. The molecule has 3 rings (SSSR count). The van der Waals surface area contributed by atoms with E-state index in [2.05, 4.69) is 17.1 Å². The second kappa shape index (κ2) is 5.70. The van der Waals surface area contributed by atoms with Gasteiger partial charge in [0.1, 0.15) is 11.6 Å². The lowest BCUT2D eigenvalue weighted by Gasteiger charge is -2.34. The highest BCUT2D eigenvalue weighted by molar-refractivity contribution is 5.35. The van der Waals surface area contributed by atoms with Gasteiger partial charge in [-0.2, -0.15) is 0 Å². The molecule has 4 heteroatoms. The molecule has 0 amide bonds. The fourth-order valence-electron chi connectivity index (χ4n) is 3.81. The van der Waals surface area contributed by atoms with E-state index in [1.165, 1.54) is 43.9 Å². The Bertz CT molecular complexity index is 474. The first-order valence-electron chi connectivity index (χ1n) is 7.64. The Labute approximate surface area is 119 Å². The average Bonchev–Trinajstić information content (AvgIpc) is 3.10. The molecule has 2 N–H and O–H groups in total. The van der Waals surface area contributed by atoms with E-state index < -0.39 is 0 Å². The van der Waals surface area contributed by atoms with Crippen LogP contribution in [0.25, 0.3) is 0 Å². The topological polar surface area (TPSA) is 35.5 Å². The zero-order valence-corrected chi connectivity index (χ0v) is 12.0. The minimum absolute atomic E-state index is 0.0561. The molecule has 2 fully saturated rings. The zero-order chi connectivity index (χ0) is 14.1. The maximum absolute atomic E-state index is 13.5. The molecule has 20 heavy (non-hydrogen) atoms. The summed E-state index contributed by atoms with van der Waals surface area (Å²) in [4.78, 5) is 2.43. The Morgan fingerprint density at radius 2 is 2.20 bits per heavy atom. The summed E-state index contributed by atoms with van der Waals surface area (Å²) in [6.07, 6.45) is 4.85. The highest BCUT2D eigenvalue weighted by atomic mass is 19.1. The number of hydrogen-bond acceptors (Lipinski definition) is 3. The highest BCUT2D eigenvalue weighted by Crippen LogP contribution is 2.36. The molecular formula is C16H23FN2O. The molecule has 0 radical (unpaired) electrons. The van der Waals surface area contributed by atoms with Crippen LogP contribution in [0.5, 0.6) is 5.75 Å². The van der Waals surface area contributed by atoms with Crippen LogP contribution in [-0.4, -0.2) is 35.2 Å². The third-order valence-corrected chi connectivity index (χ3v) is 4.84. The molecule has 2 saturated heterocycles. The minimum Gasteiger partial charge on any atom is -0.508 e. The van der Waals surface area contributed by atoms with Gasteiger partial charge in [-0.15, -0.1) is 0 Å². The van der Waals surface area contributed by atoms with Crippen LogP contribution in [0.2, 0.25) is 0 Å². The standard InChI is InChI=1S/C16H23FN2O/c1-11(13-10-12(17)6-7-16(13)20)19-9-3-5-15(19)14-4-2-8-18-14/h6-7,10-11,14-15,18,20H,2-5,8-9H2,1H3. The van der Waals surface area contributed by atoms with Gasteiger partial charge in [-0.05, 0) is 63.9 Å². The van der Waals surface area contributed by atoms with E-state index in [0.717, 1.165) is 13.1 Å². The molecule has 2 aliphatic rings. The molecule has 3 nitrogen and oxygen atoms in total. The number of phenolic OH excluding ortho intramolecular Hbond substituents is 1. The number of likely N-dealkylation sites (tertiary alicyclic amines) is 1. The molecule has 3 atom stereocenters. The second-order valence-electron chi connectivity index (χ2n) is 6.03. The van der Waals surface area contributed by atoms with Crippen molar-refractivity contribution in [2.24, 2.45) is 0 Å². The number of benzene rings is 1. The molecule has 0 bridgehead atoms. The van der Waals surface area contributed by atoms with Gasteiger partial charge in [0.05, 0.1) is 0 Å². The molecule has 2 aliphatic heterocycles. The summed E-state index contributed by atoms with van der Waals surface area (Å²) in [6.45, 7) is 4.20. The summed E-state index contributed by atoms with van der Waals surface area (Å²) in [5.74, 6) is -0.0803. The van der Waals surface area contributed by atoms with Gasteiger partial charge in [0.25, 0.3) is 0 Å². The predicted molar refractivity (Wildman–Crippen MR) is 77.2 cm³/mol. The van der Waals surface area contributed by atoms with E-state index in [4.69, 9.17) is 0 Å². The molecule has 0 aromatic heterocycles. The summed E-state index contributed by atoms with van der Waals surface area (Å²) < 4.78 is 13.5. The van der Waals surface area contributed by atoms with E-state index >= 15 is 0 Å². The van der Waals surface area contributed by atoms with Gasteiger partial charge in [-0.1, -0.05) is 0 Å². The van der Waals surface area contributed by atoms with Crippen molar-refractivity contribution in [3.05, 3.63) is 29.6 Å². The van der Waals surface area contributed by atoms with Crippen molar-refractivity contribution in [2.45, 2.75) is 50.7 Å². The predicted octanol–water partition coefficient (Wildman–Crippen LogP) is 2.81. The van der Waals surface area contributed by atoms with Crippen LogP contribution in [0.4, 0.5) is 4.39 Å². The SMILES string of the molecule is CC(c1cc(F)ccc1O)N1CCCC1C1CCCN1. The van der Waals surface area contributed by atoms with Crippen LogP contribution in [-0.2, 0) is 0 Å². The van der Waals surface area contributed by atoms with E-state index in [0.29, 0.717) is 17.6 Å². The molecule has 1 aromatic rings. The minimum atomic E-state index is -0.278. The zero-order valence-electron chi connectivity index (χ0n) is 12.0. The summed E-state index contributed by atoms with van der Waals surface area (Å²) in [5.41, 5.74) is 0.704. The number of halogens is 1. The number of aromatic hydroxyl groups is 1. The van der Waals surface area contributed by atoms with Gasteiger partial charge in [-0.3, -0.25) is 4.90 Å². The van der Waals surface area contributed by atoms with E-state index in [-0.39, 0.29) is 17.6 Å². The van der Waals surface area contributed by atoms with Crippen LogP contribution in [0.15, 0.2) is 18.2 Å². The normalized spacial score (nSPS) is 28.9. The fourth-order valence-corrected chi connectivity index (χ4v) is 3.81. The van der Waals surface area contributed by atoms with Gasteiger partial charge in [0, 0.05) is 23.7 Å². The summed E-state index contributed by atoms with van der Waals surface area (Å²) >= 11 is 0. The van der Waals surface area contributed by atoms with Crippen LogP contribution >= 0.6 is 0 Å². The highest BCUT2D eigenvalue weighted by Gasteiger charge is 2.36. The van der Waals surface area contributed by atoms with Gasteiger partial charge in [-0.25, -0.2) is 4.39 Å². The first-order chi connectivity index (χ1) is 9.66. The molecule has 1 aromatic carbocycles. The van der Waals surface area contributed by atoms with Gasteiger partial charge >= 0.3 is 0 Å². The van der Waals surface area contributed by atoms with Crippen molar-refractivity contribution in [1.29, 1.82) is 0 Å². The van der Waals surface area contributed by atoms with Crippen molar-refractivity contribution in [3.8, 4) is 5.75 Å². The van der Waals surface area contributed by atoms with Crippen LogP contribution in [0.3, 0.4) is 0 Å². The Morgan fingerprint density at radius 3 is 2.95 bits per heavy atom. The van der Waals surface area contributed by atoms with E-state index in [9.17, 15) is 9.50 Å². The lowest BCUT2D eigenvalue weighted by Crippen LogP contribution is -2.44. The van der Waals surface area contributed by atoms with Crippen molar-refractivity contribution >= 4 is 0 Å².